The molecule has 0 saturated carbocycles. The number of ether oxygens (including phenoxy) is 1. The molecule has 3 nitrogen and oxygen atoms in total. The van der Waals surface area contributed by atoms with Crippen molar-refractivity contribution >= 4 is 0 Å². The number of phenols is 1. The fraction of sp³-hybridized carbons (Fsp3) is 0.600. The maximum atomic E-state index is 9.22. The average Bonchev–Trinajstić information content (AvgIpc) is 2.33. The summed E-state index contributed by atoms with van der Waals surface area (Å²) in [5.74, 6) is 0.336. The zero-order valence-electron chi connectivity index (χ0n) is 11.3. The second kappa shape index (κ2) is 5.72. The summed E-state index contributed by atoms with van der Waals surface area (Å²) in [5, 5.41) is 12.8. The Kier molecular flexibility index (Phi) is 4.25. The molecular weight excluding hydrogens is 226 g/mol. The van der Waals surface area contributed by atoms with Gasteiger partial charge in [-0.05, 0) is 37.5 Å². The Labute approximate surface area is 109 Å². The maximum absolute atomic E-state index is 9.22. The van der Waals surface area contributed by atoms with Gasteiger partial charge in [0.2, 0.25) is 0 Å². The van der Waals surface area contributed by atoms with Gasteiger partial charge in [-0.25, -0.2) is 0 Å². The molecule has 18 heavy (non-hydrogen) atoms. The van der Waals surface area contributed by atoms with Gasteiger partial charge in [0.25, 0.3) is 0 Å². The van der Waals surface area contributed by atoms with Crippen molar-refractivity contribution in [3.8, 4) is 5.75 Å². The van der Waals surface area contributed by atoms with Gasteiger partial charge in [-0.3, -0.25) is 0 Å². The molecule has 0 radical (unpaired) electrons. The molecule has 1 heterocycles. The Bertz CT molecular complexity index is 371. The Hall–Kier alpha value is -1.06. The van der Waals surface area contributed by atoms with Crippen LogP contribution in [0.2, 0.25) is 0 Å². The highest BCUT2D eigenvalue weighted by Crippen LogP contribution is 2.25. The summed E-state index contributed by atoms with van der Waals surface area (Å²) in [4.78, 5) is 0. The summed E-state index contributed by atoms with van der Waals surface area (Å²) in [6.45, 7) is 7.28. The predicted octanol–water partition coefficient (Wildman–Crippen LogP) is 2.34. The third-order valence-corrected chi connectivity index (χ3v) is 3.58. The maximum Gasteiger partial charge on any atom is 0.115 e. The van der Waals surface area contributed by atoms with E-state index in [-0.39, 0.29) is 0 Å². The van der Waals surface area contributed by atoms with Gasteiger partial charge in [-0.2, -0.15) is 0 Å². The van der Waals surface area contributed by atoms with E-state index in [1.807, 2.05) is 12.1 Å². The van der Waals surface area contributed by atoms with Crippen molar-refractivity contribution < 1.29 is 9.84 Å². The smallest absolute Gasteiger partial charge is 0.115 e. The van der Waals surface area contributed by atoms with Gasteiger partial charge in [0, 0.05) is 18.0 Å². The molecule has 0 spiro atoms. The number of hydrogen-bond donors (Lipinski definition) is 2. The van der Waals surface area contributed by atoms with Gasteiger partial charge >= 0.3 is 0 Å². The summed E-state index contributed by atoms with van der Waals surface area (Å²) in [6.07, 6.45) is 2.16. The van der Waals surface area contributed by atoms with Crippen LogP contribution in [0.1, 0.15) is 25.8 Å². The number of benzene rings is 1. The zero-order valence-corrected chi connectivity index (χ0v) is 11.3. The van der Waals surface area contributed by atoms with Crippen molar-refractivity contribution in [2.24, 2.45) is 5.41 Å². The number of phenolic OH excluding ortho intramolecular Hbond substituents is 1. The van der Waals surface area contributed by atoms with Crippen molar-refractivity contribution in [1.29, 1.82) is 0 Å². The molecule has 1 aliphatic rings. The molecular formula is C15H23NO2. The molecule has 100 valence electrons. The summed E-state index contributed by atoms with van der Waals surface area (Å²) in [6, 6.07) is 7.99. The van der Waals surface area contributed by atoms with Crippen LogP contribution >= 0.6 is 0 Å². The number of rotatable bonds is 6. The van der Waals surface area contributed by atoms with Crippen LogP contribution in [0.4, 0.5) is 0 Å². The van der Waals surface area contributed by atoms with Crippen LogP contribution in [0.25, 0.3) is 0 Å². The standard InChI is InChI=1S/C15H23NO2/c1-12(16-9-15(2)10-18-11-15)3-4-13-5-7-14(17)8-6-13/h5-8,12,16-17H,3-4,9-11H2,1-2H3. The SMILES string of the molecule is CC(CCc1ccc(O)cc1)NCC1(C)COC1. The average molecular weight is 249 g/mol. The molecule has 3 heteroatoms. The van der Waals surface area contributed by atoms with E-state index in [9.17, 15) is 5.11 Å². The van der Waals surface area contributed by atoms with Gasteiger partial charge in [0.1, 0.15) is 5.75 Å². The highest BCUT2D eigenvalue weighted by atomic mass is 16.5. The summed E-state index contributed by atoms with van der Waals surface area (Å²) < 4.78 is 5.25. The van der Waals surface area contributed by atoms with Crippen LogP contribution in [-0.2, 0) is 11.2 Å². The fourth-order valence-electron chi connectivity index (χ4n) is 2.12. The van der Waals surface area contributed by atoms with Crippen LogP contribution < -0.4 is 5.32 Å². The number of hydrogen-bond acceptors (Lipinski definition) is 3. The monoisotopic (exact) mass is 249 g/mol. The highest BCUT2D eigenvalue weighted by Gasteiger charge is 2.33. The lowest BCUT2D eigenvalue weighted by atomic mass is 9.88. The predicted molar refractivity (Wildman–Crippen MR) is 72.8 cm³/mol. The molecule has 1 atom stereocenters. The molecule has 0 aromatic heterocycles. The Morgan fingerprint density at radius 3 is 2.56 bits per heavy atom. The molecule has 1 fully saturated rings. The normalized spacial score (nSPS) is 19.2. The van der Waals surface area contributed by atoms with Crippen molar-refractivity contribution in [1.82, 2.24) is 5.32 Å². The van der Waals surface area contributed by atoms with E-state index in [0.29, 0.717) is 17.2 Å². The summed E-state index contributed by atoms with van der Waals surface area (Å²) >= 11 is 0. The van der Waals surface area contributed by atoms with Crippen molar-refractivity contribution in [2.75, 3.05) is 19.8 Å². The second-order valence-electron chi connectivity index (χ2n) is 5.79. The number of aromatic hydroxyl groups is 1. The van der Waals surface area contributed by atoms with Gasteiger partial charge in [0.05, 0.1) is 13.2 Å². The Balaban J connectivity index is 1.68. The number of aryl methyl sites for hydroxylation is 1. The lowest BCUT2D eigenvalue weighted by Gasteiger charge is -2.39. The van der Waals surface area contributed by atoms with Crippen molar-refractivity contribution in [3.63, 3.8) is 0 Å². The second-order valence-corrected chi connectivity index (χ2v) is 5.79. The summed E-state index contributed by atoms with van der Waals surface area (Å²) in [7, 11) is 0. The van der Waals surface area contributed by atoms with Crippen molar-refractivity contribution in [3.05, 3.63) is 29.8 Å². The minimum atomic E-state index is 0.336. The molecule has 1 aromatic carbocycles. The molecule has 0 aliphatic carbocycles. The first kappa shape index (κ1) is 13.4. The quantitative estimate of drug-likeness (QED) is 0.813. The molecule has 1 aliphatic heterocycles. The first-order chi connectivity index (χ1) is 8.57. The molecule has 1 unspecified atom stereocenters. The highest BCUT2D eigenvalue weighted by molar-refractivity contribution is 5.25. The van der Waals surface area contributed by atoms with E-state index in [1.54, 1.807) is 12.1 Å². The topological polar surface area (TPSA) is 41.5 Å². The lowest BCUT2D eigenvalue weighted by molar-refractivity contribution is -0.0999. The van der Waals surface area contributed by atoms with Crippen molar-refractivity contribution in [2.45, 2.75) is 32.7 Å². The fourth-order valence-corrected chi connectivity index (χ4v) is 2.12. The van der Waals surface area contributed by atoms with Gasteiger partial charge in [-0.15, -0.1) is 0 Å². The molecule has 2 N–H and O–H groups in total. The van der Waals surface area contributed by atoms with Gasteiger partial charge in [-0.1, -0.05) is 19.1 Å². The third kappa shape index (κ3) is 3.72. The van der Waals surface area contributed by atoms with Crippen LogP contribution in [0.5, 0.6) is 5.75 Å². The minimum Gasteiger partial charge on any atom is -0.508 e. The molecule has 1 saturated heterocycles. The van der Waals surface area contributed by atoms with E-state index >= 15 is 0 Å². The van der Waals surface area contributed by atoms with Crippen LogP contribution in [-0.4, -0.2) is 30.9 Å². The third-order valence-electron chi connectivity index (χ3n) is 3.58. The molecule has 2 rings (SSSR count). The van der Waals surface area contributed by atoms with Gasteiger partial charge < -0.3 is 15.2 Å². The number of nitrogens with one attached hydrogen (secondary N) is 1. The Morgan fingerprint density at radius 1 is 1.33 bits per heavy atom. The van der Waals surface area contributed by atoms with E-state index in [0.717, 1.165) is 32.6 Å². The van der Waals surface area contributed by atoms with E-state index < -0.39 is 0 Å². The largest absolute Gasteiger partial charge is 0.508 e. The van der Waals surface area contributed by atoms with Crippen LogP contribution in [0, 0.1) is 5.41 Å². The summed E-state index contributed by atoms with van der Waals surface area (Å²) in [5.41, 5.74) is 1.62. The van der Waals surface area contributed by atoms with E-state index in [4.69, 9.17) is 4.74 Å². The lowest BCUT2D eigenvalue weighted by Crippen LogP contribution is -2.49. The molecule has 0 amide bonds. The first-order valence-electron chi connectivity index (χ1n) is 6.66. The first-order valence-corrected chi connectivity index (χ1v) is 6.66. The molecule has 1 aromatic rings. The minimum absolute atomic E-state index is 0.336. The molecule has 0 bridgehead atoms. The van der Waals surface area contributed by atoms with Gasteiger partial charge in [0.15, 0.2) is 0 Å². The zero-order chi connectivity index (χ0) is 13.0. The van der Waals surface area contributed by atoms with E-state index in [1.165, 1.54) is 5.56 Å². The Morgan fingerprint density at radius 2 is 2.00 bits per heavy atom. The van der Waals surface area contributed by atoms with Crippen LogP contribution in [0.3, 0.4) is 0 Å². The van der Waals surface area contributed by atoms with E-state index in [2.05, 4.69) is 19.2 Å². The van der Waals surface area contributed by atoms with Crippen LogP contribution in [0.15, 0.2) is 24.3 Å².